The highest BCUT2D eigenvalue weighted by Crippen LogP contribution is 2.21. The van der Waals surface area contributed by atoms with Crippen LogP contribution in [0.1, 0.15) is 18.4 Å². The number of pyridine rings is 1. The first kappa shape index (κ1) is 19.6. The summed E-state index contributed by atoms with van der Waals surface area (Å²) in [5.41, 5.74) is 0.917. The molecule has 1 aromatic heterocycles. The van der Waals surface area contributed by atoms with Gasteiger partial charge in [0.15, 0.2) is 0 Å². The van der Waals surface area contributed by atoms with Crippen LogP contribution >= 0.6 is 11.6 Å². The van der Waals surface area contributed by atoms with E-state index in [-0.39, 0.29) is 11.4 Å². The molecule has 0 atom stereocenters. The Bertz CT molecular complexity index is 1030. The summed E-state index contributed by atoms with van der Waals surface area (Å²) >= 11 is 5.94. The largest absolute Gasteiger partial charge is 0.324 e. The minimum atomic E-state index is -3.66. The predicted octanol–water partition coefficient (Wildman–Crippen LogP) is 2.23. The summed E-state index contributed by atoms with van der Waals surface area (Å²) in [6.07, 6.45) is 2.86. The molecular weight excluding hydrogens is 390 g/mol. The van der Waals surface area contributed by atoms with Gasteiger partial charge < -0.3 is 9.88 Å². The van der Waals surface area contributed by atoms with E-state index in [1.807, 2.05) is 6.92 Å². The normalized spacial score (nSPS) is 15.0. The third-order valence-corrected chi connectivity index (χ3v) is 6.56. The van der Waals surface area contributed by atoms with Gasteiger partial charge in [0, 0.05) is 36.1 Å². The van der Waals surface area contributed by atoms with Gasteiger partial charge in [0.05, 0.1) is 4.90 Å². The lowest BCUT2D eigenvalue weighted by Crippen LogP contribution is -2.31. The number of hydrogen-bond donors (Lipinski definition) is 1. The summed E-state index contributed by atoms with van der Waals surface area (Å²) in [5.74, 6) is -0.446. The Balaban J connectivity index is 1.81. The third-order valence-electron chi connectivity index (χ3n) is 4.45. The molecule has 0 bridgehead atoms. The number of carbonyl (C=O) groups is 1. The van der Waals surface area contributed by atoms with Crippen molar-refractivity contribution in [3.63, 3.8) is 0 Å². The van der Waals surface area contributed by atoms with Gasteiger partial charge in [-0.25, -0.2) is 8.42 Å². The van der Waals surface area contributed by atoms with Crippen molar-refractivity contribution in [2.45, 2.75) is 31.2 Å². The van der Waals surface area contributed by atoms with Gasteiger partial charge in [-0.15, -0.1) is 0 Å². The molecular formula is C18H20ClN3O4S. The van der Waals surface area contributed by atoms with E-state index in [1.165, 1.54) is 22.6 Å². The Labute approximate surface area is 162 Å². The van der Waals surface area contributed by atoms with E-state index in [9.17, 15) is 18.0 Å². The number of amides is 1. The van der Waals surface area contributed by atoms with Gasteiger partial charge >= 0.3 is 0 Å². The van der Waals surface area contributed by atoms with Crippen LogP contribution in [-0.4, -0.2) is 36.3 Å². The molecule has 0 radical (unpaired) electrons. The first-order valence-electron chi connectivity index (χ1n) is 8.54. The summed E-state index contributed by atoms with van der Waals surface area (Å²) < 4.78 is 27.8. The lowest BCUT2D eigenvalue weighted by Gasteiger charge is -2.16. The zero-order valence-corrected chi connectivity index (χ0v) is 16.4. The van der Waals surface area contributed by atoms with Crippen LogP contribution in [0.5, 0.6) is 0 Å². The van der Waals surface area contributed by atoms with E-state index in [2.05, 4.69) is 5.32 Å². The van der Waals surface area contributed by atoms with Crippen molar-refractivity contribution in [2.24, 2.45) is 0 Å². The summed E-state index contributed by atoms with van der Waals surface area (Å²) in [5, 5.41) is 3.18. The first-order valence-corrected chi connectivity index (χ1v) is 10.4. The quantitative estimate of drug-likeness (QED) is 0.820. The molecule has 27 heavy (non-hydrogen) atoms. The zero-order chi connectivity index (χ0) is 19.6. The second-order valence-corrected chi connectivity index (χ2v) is 8.82. The lowest BCUT2D eigenvalue weighted by atomic mass is 10.2. The number of hydrogen-bond acceptors (Lipinski definition) is 4. The molecule has 144 valence electrons. The van der Waals surface area contributed by atoms with E-state index < -0.39 is 21.5 Å². The highest BCUT2D eigenvalue weighted by atomic mass is 35.5. The van der Waals surface area contributed by atoms with Gasteiger partial charge in [-0.05, 0) is 43.5 Å². The Morgan fingerprint density at radius 1 is 1.19 bits per heavy atom. The maximum absolute atomic E-state index is 12.7. The predicted molar refractivity (Wildman–Crippen MR) is 104 cm³/mol. The van der Waals surface area contributed by atoms with Gasteiger partial charge in [-0.1, -0.05) is 17.7 Å². The Hall–Kier alpha value is -2.16. The number of nitrogens with zero attached hydrogens (tertiary/aromatic N) is 2. The fraction of sp³-hybridized carbons (Fsp3) is 0.333. The van der Waals surface area contributed by atoms with Crippen molar-refractivity contribution >= 4 is 33.2 Å². The summed E-state index contributed by atoms with van der Waals surface area (Å²) in [6.45, 7) is 2.46. The van der Waals surface area contributed by atoms with Crippen LogP contribution in [-0.2, 0) is 21.4 Å². The average Bonchev–Trinajstić information content (AvgIpc) is 3.15. The SMILES string of the molecule is Cc1ccc(Cl)cc1NC(=O)Cn1cc(S(=O)(=O)N2CCCC2)ccc1=O. The number of nitrogens with one attached hydrogen (secondary N) is 1. The minimum Gasteiger partial charge on any atom is -0.324 e. The van der Waals surface area contributed by atoms with Crippen LogP contribution < -0.4 is 10.9 Å². The molecule has 7 nitrogen and oxygen atoms in total. The van der Waals surface area contributed by atoms with Gasteiger partial charge in [0.25, 0.3) is 5.56 Å². The highest BCUT2D eigenvalue weighted by molar-refractivity contribution is 7.89. The Morgan fingerprint density at radius 2 is 1.89 bits per heavy atom. The van der Waals surface area contributed by atoms with Gasteiger partial charge in [0.2, 0.25) is 15.9 Å². The van der Waals surface area contributed by atoms with Crippen molar-refractivity contribution in [1.82, 2.24) is 8.87 Å². The molecule has 1 aliphatic rings. The van der Waals surface area contributed by atoms with E-state index in [1.54, 1.807) is 18.2 Å². The topological polar surface area (TPSA) is 88.5 Å². The maximum Gasteiger partial charge on any atom is 0.251 e. The van der Waals surface area contributed by atoms with Crippen LogP contribution in [0.3, 0.4) is 0 Å². The molecule has 1 amide bonds. The maximum atomic E-state index is 12.7. The number of carbonyl (C=O) groups excluding carboxylic acids is 1. The van der Waals surface area contributed by atoms with Gasteiger partial charge in [-0.2, -0.15) is 4.31 Å². The molecule has 0 unspecified atom stereocenters. The first-order chi connectivity index (χ1) is 12.8. The van der Waals surface area contributed by atoms with E-state index in [0.29, 0.717) is 23.8 Å². The molecule has 2 aromatic rings. The van der Waals surface area contributed by atoms with Crippen LogP contribution in [0.2, 0.25) is 5.02 Å². The Morgan fingerprint density at radius 3 is 2.59 bits per heavy atom. The minimum absolute atomic E-state index is 0.00994. The molecule has 1 fully saturated rings. The van der Waals surface area contributed by atoms with Gasteiger partial charge in [-0.3, -0.25) is 9.59 Å². The fourth-order valence-corrected chi connectivity index (χ4v) is 4.65. The smallest absolute Gasteiger partial charge is 0.251 e. The molecule has 1 aromatic carbocycles. The van der Waals surface area contributed by atoms with Crippen molar-refractivity contribution in [1.29, 1.82) is 0 Å². The number of anilines is 1. The number of rotatable bonds is 5. The molecule has 1 N–H and O–H groups in total. The van der Waals surface area contributed by atoms with Crippen molar-refractivity contribution in [3.8, 4) is 0 Å². The lowest BCUT2D eigenvalue weighted by molar-refractivity contribution is -0.116. The summed E-state index contributed by atoms with van der Waals surface area (Å²) in [7, 11) is -3.66. The Kier molecular flexibility index (Phi) is 5.69. The third kappa shape index (κ3) is 4.40. The van der Waals surface area contributed by atoms with Crippen molar-refractivity contribution in [2.75, 3.05) is 18.4 Å². The number of aryl methyl sites for hydroxylation is 1. The van der Waals surface area contributed by atoms with Crippen LogP contribution in [0, 0.1) is 6.92 Å². The second-order valence-electron chi connectivity index (χ2n) is 6.45. The average molecular weight is 410 g/mol. The zero-order valence-electron chi connectivity index (χ0n) is 14.8. The number of sulfonamides is 1. The van der Waals surface area contributed by atoms with Crippen molar-refractivity contribution in [3.05, 3.63) is 57.5 Å². The van der Waals surface area contributed by atoms with Crippen LogP contribution in [0.4, 0.5) is 5.69 Å². The van der Waals surface area contributed by atoms with Gasteiger partial charge in [0.1, 0.15) is 6.54 Å². The number of aromatic nitrogens is 1. The number of benzene rings is 1. The molecule has 0 saturated carbocycles. The molecule has 0 spiro atoms. The molecule has 1 saturated heterocycles. The van der Waals surface area contributed by atoms with Crippen LogP contribution in [0.15, 0.2) is 46.2 Å². The molecule has 3 rings (SSSR count). The molecule has 9 heteroatoms. The fourth-order valence-electron chi connectivity index (χ4n) is 2.94. The van der Waals surface area contributed by atoms with Crippen LogP contribution in [0.25, 0.3) is 0 Å². The standard InChI is InChI=1S/C18H20ClN3O4S/c1-13-4-5-14(19)10-16(13)20-17(23)12-21-11-15(6-7-18(21)24)27(25,26)22-8-2-3-9-22/h4-7,10-11H,2-3,8-9,12H2,1H3,(H,20,23). The van der Waals surface area contributed by atoms with Crippen molar-refractivity contribution < 1.29 is 13.2 Å². The van der Waals surface area contributed by atoms with E-state index >= 15 is 0 Å². The molecule has 1 aliphatic heterocycles. The van der Waals surface area contributed by atoms with E-state index in [4.69, 9.17) is 11.6 Å². The molecule has 2 heterocycles. The second kappa shape index (κ2) is 7.84. The molecule has 0 aliphatic carbocycles. The summed E-state index contributed by atoms with van der Waals surface area (Å²) in [6, 6.07) is 7.55. The highest BCUT2D eigenvalue weighted by Gasteiger charge is 2.27. The number of halogens is 1. The monoisotopic (exact) mass is 409 g/mol. The van der Waals surface area contributed by atoms with E-state index in [0.717, 1.165) is 23.0 Å². The summed E-state index contributed by atoms with van der Waals surface area (Å²) in [4.78, 5) is 24.4.